The second-order valence-corrected chi connectivity index (χ2v) is 6.15. The summed E-state index contributed by atoms with van der Waals surface area (Å²) in [6.45, 7) is 11.1. The topological polar surface area (TPSA) is 72.8 Å². The molecule has 0 aliphatic heterocycles. The molecule has 0 bridgehead atoms. The van der Waals surface area contributed by atoms with Crippen LogP contribution in [0.25, 0.3) is 0 Å². The van der Waals surface area contributed by atoms with Gasteiger partial charge in [-0.15, -0.1) is 0 Å². The van der Waals surface area contributed by atoms with Crippen molar-refractivity contribution in [3.8, 4) is 0 Å². The van der Waals surface area contributed by atoms with Gasteiger partial charge >= 0.3 is 11.9 Å². The van der Waals surface area contributed by atoms with Crippen molar-refractivity contribution in [1.82, 2.24) is 0 Å². The summed E-state index contributed by atoms with van der Waals surface area (Å²) >= 11 is 0. The number of esters is 2. The molecule has 5 heteroatoms. The van der Waals surface area contributed by atoms with Crippen molar-refractivity contribution in [1.29, 1.82) is 0 Å². The van der Waals surface area contributed by atoms with Crippen LogP contribution < -0.4 is 0 Å². The van der Waals surface area contributed by atoms with Crippen molar-refractivity contribution in [2.75, 3.05) is 13.2 Å². The molecule has 0 saturated carbocycles. The van der Waals surface area contributed by atoms with E-state index in [1.165, 1.54) is 0 Å². The minimum Gasteiger partial charge on any atom is -0.465 e. The van der Waals surface area contributed by atoms with Gasteiger partial charge in [0.25, 0.3) is 0 Å². The Hall–Kier alpha value is -1.10. The van der Waals surface area contributed by atoms with Crippen LogP contribution in [-0.2, 0) is 19.1 Å². The third-order valence-corrected chi connectivity index (χ3v) is 3.53. The highest BCUT2D eigenvalue weighted by atomic mass is 16.6. The van der Waals surface area contributed by atoms with E-state index in [0.29, 0.717) is 12.8 Å². The fourth-order valence-corrected chi connectivity index (χ4v) is 2.48. The van der Waals surface area contributed by atoms with E-state index in [1.54, 1.807) is 20.8 Å². The van der Waals surface area contributed by atoms with Crippen molar-refractivity contribution in [2.24, 2.45) is 11.3 Å². The summed E-state index contributed by atoms with van der Waals surface area (Å²) in [5.74, 6) is -1.12. The van der Waals surface area contributed by atoms with Crippen LogP contribution in [0.2, 0.25) is 0 Å². The molecule has 1 N–H and O–H groups in total. The molecule has 1 atom stereocenters. The van der Waals surface area contributed by atoms with Crippen LogP contribution in [0, 0.1) is 11.3 Å². The first-order valence-corrected chi connectivity index (χ1v) is 7.72. The van der Waals surface area contributed by atoms with Crippen LogP contribution in [0.3, 0.4) is 0 Å². The van der Waals surface area contributed by atoms with Gasteiger partial charge < -0.3 is 14.6 Å². The summed E-state index contributed by atoms with van der Waals surface area (Å²) in [4.78, 5) is 25.0. The third kappa shape index (κ3) is 5.65. The molecule has 0 aromatic carbocycles. The van der Waals surface area contributed by atoms with Crippen LogP contribution >= 0.6 is 0 Å². The van der Waals surface area contributed by atoms with Gasteiger partial charge in [-0.2, -0.15) is 0 Å². The van der Waals surface area contributed by atoms with E-state index >= 15 is 0 Å². The lowest BCUT2D eigenvalue weighted by Gasteiger charge is -2.36. The van der Waals surface area contributed by atoms with Crippen molar-refractivity contribution in [3.63, 3.8) is 0 Å². The number of rotatable bonds is 9. The maximum atomic E-state index is 12.5. The van der Waals surface area contributed by atoms with Crippen LogP contribution in [-0.4, -0.2) is 35.9 Å². The molecule has 0 rings (SSSR count). The fraction of sp³-hybridized carbons (Fsp3) is 0.875. The second-order valence-electron chi connectivity index (χ2n) is 6.15. The zero-order valence-electron chi connectivity index (χ0n) is 14.2. The quantitative estimate of drug-likeness (QED) is 0.523. The number of aliphatic hydroxyl groups is 1. The highest BCUT2D eigenvalue weighted by Crippen LogP contribution is 2.39. The molecule has 124 valence electrons. The predicted octanol–water partition coefficient (Wildman–Crippen LogP) is 2.70. The van der Waals surface area contributed by atoms with E-state index < -0.39 is 23.0 Å². The lowest BCUT2D eigenvalue weighted by Crippen LogP contribution is -2.48. The standard InChI is InChI=1S/C16H30O5/c1-7-15(6,19)11-16(10-12(4)5,13(17)20-8-2)14(18)21-9-3/h12,19H,7-11H2,1-6H3. The van der Waals surface area contributed by atoms with Crippen molar-refractivity contribution >= 4 is 11.9 Å². The number of ether oxygens (including phenoxy) is 2. The highest BCUT2D eigenvalue weighted by Gasteiger charge is 2.52. The van der Waals surface area contributed by atoms with E-state index in [2.05, 4.69) is 0 Å². The number of carbonyl (C=O) groups is 2. The molecule has 0 fully saturated rings. The molecule has 0 aromatic heterocycles. The molecule has 0 heterocycles. The summed E-state index contributed by atoms with van der Waals surface area (Å²) in [5, 5.41) is 10.4. The van der Waals surface area contributed by atoms with Crippen LogP contribution in [0.1, 0.15) is 60.8 Å². The summed E-state index contributed by atoms with van der Waals surface area (Å²) in [7, 11) is 0. The Morgan fingerprint density at radius 2 is 1.48 bits per heavy atom. The van der Waals surface area contributed by atoms with E-state index in [0.717, 1.165) is 0 Å². The van der Waals surface area contributed by atoms with Gasteiger partial charge in [0.15, 0.2) is 5.41 Å². The van der Waals surface area contributed by atoms with Crippen LogP contribution in [0.15, 0.2) is 0 Å². The molecule has 0 amide bonds. The van der Waals surface area contributed by atoms with Gasteiger partial charge in [-0.1, -0.05) is 20.8 Å². The first-order chi connectivity index (χ1) is 9.65. The monoisotopic (exact) mass is 302 g/mol. The lowest BCUT2D eigenvalue weighted by molar-refractivity contribution is -0.179. The lowest BCUT2D eigenvalue weighted by atomic mass is 9.71. The minimum absolute atomic E-state index is 0.00630. The Labute approximate surface area is 128 Å². The third-order valence-electron chi connectivity index (χ3n) is 3.53. The van der Waals surface area contributed by atoms with Gasteiger partial charge in [0.1, 0.15) is 0 Å². The zero-order valence-corrected chi connectivity index (χ0v) is 14.2. The van der Waals surface area contributed by atoms with Crippen LogP contribution in [0.5, 0.6) is 0 Å². The Morgan fingerprint density at radius 1 is 1.05 bits per heavy atom. The Kier molecular flexibility index (Phi) is 7.93. The number of hydrogen-bond acceptors (Lipinski definition) is 5. The van der Waals surface area contributed by atoms with E-state index in [1.807, 2.05) is 20.8 Å². The molecule has 0 spiro atoms. The molecule has 0 aliphatic rings. The van der Waals surface area contributed by atoms with Gasteiger partial charge in [-0.3, -0.25) is 9.59 Å². The summed E-state index contributed by atoms with van der Waals surface area (Å²) < 4.78 is 10.2. The smallest absolute Gasteiger partial charge is 0.323 e. The Balaban J connectivity index is 5.71. The first-order valence-electron chi connectivity index (χ1n) is 7.72. The maximum Gasteiger partial charge on any atom is 0.323 e. The molecule has 0 saturated heterocycles. The average molecular weight is 302 g/mol. The highest BCUT2D eigenvalue weighted by molar-refractivity contribution is 6.00. The van der Waals surface area contributed by atoms with Crippen molar-refractivity contribution in [2.45, 2.75) is 66.4 Å². The Bertz CT molecular complexity index is 329. The maximum absolute atomic E-state index is 12.5. The molecular weight excluding hydrogens is 272 g/mol. The Morgan fingerprint density at radius 3 is 1.76 bits per heavy atom. The average Bonchev–Trinajstić information content (AvgIpc) is 2.37. The molecule has 1 unspecified atom stereocenters. The first kappa shape index (κ1) is 19.9. The van der Waals surface area contributed by atoms with Crippen molar-refractivity contribution in [3.05, 3.63) is 0 Å². The van der Waals surface area contributed by atoms with Gasteiger partial charge in [0.05, 0.1) is 18.8 Å². The van der Waals surface area contributed by atoms with Gasteiger partial charge in [-0.05, 0) is 39.5 Å². The van der Waals surface area contributed by atoms with Crippen molar-refractivity contribution < 1.29 is 24.2 Å². The van der Waals surface area contributed by atoms with E-state index in [9.17, 15) is 14.7 Å². The molecule has 0 radical (unpaired) electrons. The molecule has 0 aliphatic carbocycles. The SMILES string of the molecule is CCOC(=O)C(CC(C)C)(CC(C)(O)CC)C(=O)OCC. The van der Waals surface area contributed by atoms with Gasteiger partial charge in [0.2, 0.25) is 0 Å². The predicted molar refractivity (Wildman–Crippen MR) is 80.7 cm³/mol. The molecule has 21 heavy (non-hydrogen) atoms. The van der Waals surface area contributed by atoms with Crippen LogP contribution in [0.4, 0.5) is 0 Å². The number of hydrogen-bond donors (Lipinski definition) is 1. The van der Waals surface area contributed by atoms with E-state index in [-0.39, 0.29) is 25.6 Å². The normalized spacial score (nSPS) is 14.7. The molecule has 0 aromatic rings. The van der Waals surface area contributed by atoms with E-state index in [4.69, 9.17) is 9.47 Å². The number of carbonyl (C=O) groups excluding carboxylic acids is 2. The summed E-state index contributed by atoms with van der Waals surface area (Å²) in [6.07, 6.45) is 0.735. The molecular formula is C16H30O5. The summed E-state index contributed by atoms with van der Waals surface area (Å²) in [6, 6.07) is 0. The largest absolute Gasteiger partial charge is 0.465 e. The fourth-order valence-electron chi connectivity index (χ4n) is 2.48. The zero-order chi connectivity index (χ0) is 16.7. The second kappa shape index (κ2) is 8.37. The summed E-state index contributed by atoms with van der Waals surface area (Å²) in [5.41, 5.74) is -2.58. The van der Waals surface area contributed by atoms with Gasteiger partial charge in [0, 0.05) is 6.42 Å². The molecule has 5 nitrogen and oxygen atoms in total. The van der Waals surface area contributed by atoms with Gasteiger partial charge in [-0.25, -0.2) is 0 Å². The minimum atomic E-state index is -1.44.